The Morgan fingerprint density at radius 1 is 0.957 bits per heavy atom. The van der Waals surface area contributed by atoms with Crippen molar-refractivity contribution in [2.45, 2.75) is 33.2 Å². The lowest BCUT2D eigenvalue weighted by Crippen LogP contribution is -2.18. The lowest BCUT2D eigenvalue weighted by Gasteiger charge is -2.18. The maximum atomic E-state index is 12.5. The zero-order valence-electron chi connectivity index (χ0n) is 13.8. The molecular weight excluding hydrogens is 286 g/mol. The Balaban J connectivity index is 1.86. The second-order valence-corrected chi connectivity index (χ2v) is 6.56. The number of anilines is 4. The van der Waals surface area contributed by atoms with E-state index in [2.05, 4.69) is 36.7 Å². The summed E-state index contributed by atoms with van der Waals surface area (Å²) < 4.78 is 0. The highest BCUT2D eigenvalue weighted by Gasteiger charge is 2.19. The maximum Gasteiger partial charge on any atom is 0.257 e. The molecule has 1 heterocycles. The van der Waals surface area contributed by atoms with Crippen LogP contribution < -0.4 is 16.0 Å². The van der Waals surface area contributed by atoms with Gasteiger partial charge >= 0.3 is 0 Å². The topological polar surface area (TPSA) is 53.2 Å². The summed E-state index contributed by atoms with van der Waals surface area (Å²) in [5.74, 6) is 0.551. The minimum atomic E-state index is -0.0855. The van der Waals surface area contributed by atoms with Crippen LogP contribution in [0.4, 0.5) is 22.7 Å². The van der Waals surface area contributed by atoms with E-state index < -0.39 is 0 Å². The van der Waals surface area contributed by atoms with Crippen molar-refractivity contribution in [3.63, 3.8) is 0 Å². The van der Waals surface area contributed by atoms with Crippen molar-refractivity contribution in [1.29, 1.82) is 0 Å². The molecule has 3 rings (SSSR count). The number of hydrogen-bond acceptors (Lipinski definition) is 3. The van der Waals surface area contributed by atoms with Crippen molar-refractivity contribution < 1.29 is 4.79 Å². The summed E-state index contributed by atoms with van der Waals surface area (Å²) in [6.45, 7) is 6.59. The largest absolute Gasteiger partial charge is 0.383 e. The Morgan fingerprint density at radius 2 is 1.65 bits per heavy atom. The van der Waals surface area contributed by atoms with Crippen LogP contribution in [0.5, 0.6) is 0 Å². The van der Waals surface area contributed by atoms with E-state index in [9.17, 15) is 4.79 Å². The summed E-state index contributed by atoms with van der Waals surface area (Å²) in [5, 5.41) is 9.77. The van der Waals surface area contributed by atoms with E-state index in [-0.39, 0.29) is 5.91 Å². The van der Waals surface area contributed by atoms with Gasteiger partial charge in [-0.15, -0.1) is 0 Å². The van der Waals surface area contributed by atoms with Gasteiger partial charge in [0.25, 0.3) is 5.91 Å². The van der Waals surface area contributed by atoms with Gasteiger partial charge in [0.15, 0.2) is 0 Å². The smallest absolute Gasteiger partial charge is 0.257 e. The average Bonchev–Trinajstić information content (AvgIpc) is 2.62. The molecule has 23 heavy (non-hydrogen) atoms. The van der Waals surface area contributed by atoms with E-state index in [1.165, 1.54) is 0 Å². The van der Waals surface area contributed by atoms with Crippen LogP contribution in [0, 0.1) is 5.92 Å². The van der Waals surface area contributed by atoms with Crippen molar-refractivity contribution >= 4 is 28.7 Å². The molecule has 4 nitrogen and oxygen atoms in total. The SMILES string of the molecule is CC(C)CC(C)Nc1ccc2c(c1)C(=O)Nc1ccccc1N2. The van der Waals surface area contributed by atoms with Crippen LogP contribution in [-0.4, -0.2) is 11.9 Å². The molecule has 0 aliphatic carbocycles. The molecule has 2 aromatic carbocycles. The number of nitrogens with one attached hydrogen (secondary N) is 3. The first-order valence-electron chi connectivity index (χ1n) is 8.11. The molecule has 120 valence electrons. The van der Waals surface area contributed by atoms with Crippen LogP contribution >= 0.6 is 0 Å². The van der Waals surface area contributed by atoms with E-state index in [1.807, 2.05) is 42.5 Å². The molecule has 0 aromatic heterocycles. The van der Waals surface area contributed by atoms with Gasteiger partial charge in [0, 0.05) is 11.7 Å². The fourth-order valence-corrected chi connectivity index (χ4v) is 3.02. The zero-order chi connectivity index (χ0) is 16.4. The van der Waals surface area contributed by atoms with Crippen molar-refractivity contribution in [3.05, 3.63) is 48.0 Å². The van der Waals surface area contributed by atoms with E-state index in [0.29, 0.717) is 17.5 Å². The zero-order valence-corrected chi connectivity index (χ0v) is 13.8. The average molecular weight is 309 g/mol. The molecule has 4 heteroatoms. The van der Waals surface area contributed by atoms with Gasteiger partial charge in [-0.25, -0.2) is 0 Å². The third kappa shape index (κ3) is 3.47. The number of amides is 1. The predicted molar refractivity (Wildman–Crippen MR) is 96.7 cm³/mol. The number of para-hydroxylation sites is 2. The summed E-state index contributed by atoms with van der Waals surface area (Å²) in [6.07, 6.45) is 1.09. The summed E-state index contributed by atoms with van der Waals surface area (Å²) in [6, 6.07) is 14.0. The number of benzene rings is 2. The Labute approximate surface area is 137 Å². The van der Waals surface area contributed by atoms with Crippen molar-refractivity contribution in [1.82, 2.24) is 0 Å². The second-order valence-electron chi connectivity index (χ2n) is 6.56. The highest BCUT2D eigenvalue weighted by atomic mass is 16.1. The molecule has 3 N–H and O–H groups in total. The minimum Gasteiger partial charge on any atom is -0.383 e. The highest BCUT2D eigenvalue weighted by molar-refractivity contribution is 6.12. The quantitative estimate of drug-likeness (QED) is 0.757. The molecule has 0 saturated carbocycles. The highest BCUT2D eigenvalue weighted by Crippen LogP contribution is 2.33. The molecule has 1 atom stereocenters. The van der Waals surface area contributed by atoms with Gasteiger partial charge < -0.3 is 16.0 Å². The third-order valence-corrected chi connectivity index (χ3v) is 3.95. The summed E-state index contributed by atoms with van der Waals surface area (Å²) >= 11 is 0. The van der Waals surface area contributed by atoms with Gasteiger partial charge in [-0.2, -0.15) is 0 Å². The van der Waals surface area contributed by atoms with E-state index in [1.54, 1.807) is 0 Å². The molecule has 1 aliphatic rings. The van der Waals surface area contributed by atoms with Gasteiger partial charge in [-0.1, -0.05) is 26.0 Å². The minimum absolute atomic E-state index is 0.0855. The number of fused-ring (bicyclic) bond motifs is 2. The van der Waals surface area contributed by atoms with Gasteiger partial charge in [-0.3, -0.25) is 4.79 Å². The number of hydrogen-bond donors (Lipinski definition) is 3. The molecule has 1 amide bonds. The fourth-order valence-electron chi connectivity index (χ4n) is 3.02. The lowest BCUT2D eigenvalue weighted by atomic mass is 10.0. The molecule has 0 bridgehead atoms. The Morgan fingerprint density at radius 3 is 2.35 bits per heavy atom. The van der Waals surface area contributed by atoms with Gasteiger partial charge in [-0.05, 0) is 49.6 Å². The normalized spacial score (nSPS) is 14.2. The van der Waals surface area contributed by atoms with Crippen LogP contribution in [0.25, 0.3) is 0 Å². The maximum absolute atomic E-state index is 12.5. The molecule has 2 aromatic rings. The van der Waals surface area contributed by atoms with Crippen LogP contribution in [0.1, 0.15) is 37.6 Å². The molecule has 1 aliphatic heterocycles. The van der Waals surface area contributed by atoms with Gasteiger partial charge in [0.2, 0.25) is 0 Å². The van der Waals surface area contributed by atoms with E-state index in [0.717, 1.165) is 29.2 Å². The monoisotopic (exact) mass is 309 g/mol. The first-order chi connectivity index (χ1) is 11.0. The number of carbonyl (C=O) groups is 1. The van der Waals surface area contributed by atoms with Crippen LogP contribution in [0.15, 0.2) is 42.5 Å². The summed E-state index contributed by atoms with van der Waals surface area (Å²) in [7, 11) is 0. The fraction of sp³-hybridized carbons (Fsp3) is 0.316. The summed E-state index contributed by atoms with van der Waals surface area (Å²) in [4.78, 5) is 12.5. The van der Waals surface area contributed by atoms with E-state index in [4.69, 9.17) is 0 Å². The molecule has 1 unspecified atom stereocenters. The van der Waals surface area contributed by atoms with Crippen LogP contribution in [-0.2, 0) is 0 Å². The predicted octanol–water partition coefficient (Wildman–Crippen LogP) is 4.84. The molecule has 0 saturated heterocycles. The Bertz CT molecular complexity index is 724. The molecule has 0 spiro atoms. The molecule has 0 fully saturated rings. The molecular formula is C19H23N3O. The van der Waals surface area contributed by atoms with Crippen molar-refractivity contribution in [2.24, 2.45) is 5.92 Å². The van der Waals surface area contributed by atoms with Crippen molar-refractivity contribution in [3.8, 4) is 0 Å². The second kappa shape index (κ2) is 6.32. The van der Waals surface area contributed by atoms with E-state index >= 15 is 0 Å². The van der Waals surface area contributed by atoms with Crippen LogP contribution in [0.2, 0.25) is 0 Å². The Hall–Kier alpha value is -2.49. The summed E-state index contributed by atoms with van der Waals surface area (Å²) in [5.41, 5.74) is 4.17. The molecule has 0 radical (unpaired) electrons. The Kier molecular flexibility index (Phi) is 4.24. The van der Waals surface area contributed by atoms with Gasteiger partial charge in [0.05, 0.1) is 22.6 Å². The van der Waals surface area contributed by atoms with Crippen LogP contribution in [0.3, 0.4) is 0 Å². The lowest BCUT2D eigenvalue weighted by molar-refractivity contribution is 0.102. The number of carbonyl (C=O) groups excluding carboxylic acids is 1. The number of rotatable bonds is 4. The van der Waals surface area contributed by atoms with Gasteiger partial charge in [0.1, 0.15) is 0 Å². The first-order valence-corrected chi connectivity index (χ1v) is 8.11. The standard InChI is InChI=1S/C19H23N3O/c1-12(2)10-13(3)20-14-8-9-16-15(11-14)19(23)22-18-7-5-4-6-17(18)21-16/h4-9,11-13,20-21H,10H2,1-3H3,(H,22,23). The van der Waals surface area contributed by atoms with Crippen molar-refractivity contribution in [2.75, 3.05) is 16.0 Å². The first kappa shape index (κ1) is 15.4. The third-order valence-electron chi connectivity index (χ3n) is 3.95.